The zero-order valence-corrected chi connectivity index (χ0v) is 16.9. The second-order valence-electron chi connectivity index (χ2n) is 6.23. The van der Waals surface area contributed by atoms with E-state index in [1.165, 1.54) is 6.08 Å². The van der Waals surface area contributed by atoms with E-state index in [-0.39, 0.29) is 5.91 Å². The summed E-state index contributed by atoms with van der Waals surface area (Å²) in [4.78, 5) is 24.3. The molecule has 0 aliphatic heterocycles. The topological polar surface area (TPSA) is 55.4 Å². The molecule has 136 valence electrons. The van der Waals surface area contributed by atoms with Crippen molar-refractivity contribution in [3.63, 3.8) is 0 Å². The molecule has 0 spiro atoms. The van der Waals surface area contributed by atoms with E-state index in [0.29, 0.717) is 0 Å². The Morgan fingerprint density at radius 3 is 2.23 bits per heavy atom. The average Bonchev–Trinajstić information content (AvgIpc) is 2.57. The van der Waals surface area contributed by atoms with Crippen molar-refractivity contribution in [1.29, 1.82) is 0 Å². The quantitative estimate of drug-likeness (QED) is 0.554. The molecule has 0 aliphatic rings. The van der Waals surface area contributed by atoms with Gasteiger partial charge in [-0.15, -0.1) is 0 Å². The first-order chi connectivity index (χ1) is 12.3. The molecule has 1 atom stereocenters. The summed E-state index contributed by atoms with van der Waals surface area (Å²) in [6.45, 7) is 7.44. The van der Waals surface area contributed by atoms with Gasteiger partial charge in [0.25, 0.3) is 5.91 Å². The lowest BCUT2D eigenvalue weighted by atomic mass is 10.0. The number of rotatable bonds is 5. The Hall–Kier alpha value is -2.40. The van der Waals surface area contributed by atoms with Crippen molar-refractivity contribution in [2.24, 2.45) is 0 Å². The van der Waals surface area contributed by atoms with Crippen molar-refractivity contribution in [2.45, 2.75) is 33.8 Å². The van der Waals surface area contributed by atoms with Gasteiger partial charge in [-0.25, -0.2) is 4.79 Å². The van der Waals surface area contributed by atoms with Gasteiger partial charge in [0.1, 0.15) is 0 Å². The van der Waals surface area contributed by atoms with E-state index < -0.39 is 12.1 Å². The van der Waals surface area contributed by atoms with Gasteiger partial charge in [-0.1, -0.05) is 45.8 Å². The normalized spacial score (nSPS) is 12.0. The Bertz CT molecular complexity index is 818. The highest BCUT2D eigenvalue weighted by Gasteiger charge is 2.18. The molecule has 0 fully saturated rings. The van der Waals surface area contributed by atoms with Crippen molar-refractivity contribution in [3.8, 4) is 0 Å². The Labute approximate surface area is 162 Å². The maximum absolute atomic E-state index is 12.3. The van der Waals surface area contributed by atoms with Crippen LogP contribution in [0.3, 0.4) is 0 Å². The zero-order chi connectivity index (χ0) is 19.3. The lowest BCUT2D eigenvalue weighted by Gasteiger charge is -2.16. The van der Waals surface area contributed by atoms with Gasteiger partial charge < -0.3 is 10.1 Å². The number of ether oxygens (including phenoxy) is 1. The molecule has 2 aromatic rings. The van der Waals surface area contributed by atoms with E-state index in [0.717, 1.165) is 32.4 Å². The third kappa shape index (κ3) is 5.56. The highest BCUT2D eigenvalue weighted by molar-refractivity contribution is 9.10. The van der Waals surface area contributed by atoms with Gasteiger partial charge in [-0.3, -0.25) is 4.79 Å². The summed E-state index contributed by atoms with van der Waals surface area (Å²) in [5.41, 5.74) is 4.71. The molecule has 26 heavy (non-hydrogen) atoms. The predicted octanol–water partition coefficient (Wildman–Crippen LogP) is 4.96. The molecule has 1 N–H and O–H groups in total. The molecule has 1 amide bonds. The number of aryl methyl sites for hydroxylation is 3. The fraction of sp³-hybridized carbons (Fsp3) is 0.238. The summed E-state index contributed by atoms with van der Waals surface area (Å²) < 4.78 is 6.15. The standard InChI is InChI=1S/C21H22BrNO3/c1-13-11-14(2)20(15(3)12-13)23-21(25)16(4)26-19(24)10-7-17-5-8-18(22)9-6-17/h5-12,16H,1-4H3,(H,23,25)/b10-7+/t16-/m0/s1. The fourth-order valence-corrected chi connectivity index (χ4v) is 2.87. The minimum absolute atomic E-state index is 0.356. The average molecular weight is 416 g/mol. The minimum Gasteiger partial charge on any atom is -0.449 e. The number of nitrogens with one attached hydrogen (secondary N) is 1. The summed E-state index contributed by atoms with van der Waals surface area (Å²) in [7, 11) is 0. The number of benzene rings is 2. The molecule has 4 nitrogen and oxygen atoms in total. The van der Waals surface area contributed by atoms with Crippen LogP contribution in [0.2, 0.25) is 0 Å². The predicted molar refractivity (Wildman–Crippen MR) is 108 cm³/mol. The van der Waals surface area contributed by atoms with Crippen LogP contribution >= 0.6 is 15.9 Å². The van der Waals surface area contributed by atoms with Crippen LogP contribution < -0.4 is 5.32 Å². The second kappa shape index (κ2) is 8.81. The molecule has 0 heterocycles. The molecule has 5 heteroatoms. The van der Waals surface area contributed by atoms with Crippen LogP contribution in [-0.2, 0) is 14.3 Å². The van der Waals surface area contributed by atoms with E-state index in [2.05, 4.69) is 21.2 Å². The number of hydrogen-bond donors (Lipinski definition) is 1. The highest BCUT2D eigenvalue weighted by atomic mass is 79.9. The molecule has 0 saturated carbocycles. The molecule has 0 radical (unpaired) electrons. The van der Waals surface area contributed by atoms with Crippen molar-refractivity contribution in [2.75, 3.05) is 5.32 Å². The maximum atomic E-state index is 12.3. The lowest BCUT2D eigenvalue weighted by Crippen LogP contribution is -2.30. The molecule has 0 saturated heterocycles. The Balaban J connectivity index is 1.96. The number of esters is 1. The van der Waals surface area contributed by atoms with Crippen LogP contribution in [0.5, 0.6) is 0 Å². The van der Waals surface area contributed by atoms with Gasteiger partial charge >= 0.3 is 5.97 Å². The van der Waals surface area contributed by atoms with E-state index in [1.807, 2.05) is 57.2 Å². The van der Waals surface area contributed by atoms with Crippen molar-refractivity contribution in [1.82, 2.24) is 0 Å². The lowest BCUT2D eigenvalue weighted by molar-refractivity contribution is -0.148. The first-order valence-electron chi connectivity index (χ1n) is 8.29. The van der Waals surface area contributed by atoms with E-state index in [4.69, 9.17) is 4.74 Å². The molecular weight excluding hydrogens is 394 g/mol. The van der Waals surface area contributed by atoms with Gasteiger partial charge in [0.05, 0.1) is 0 Å². The number of anilines is 1. The van der Waals surface area contributed by atoms with Crippen LogP contribution in [-0.4, -0.2) is 18.0 Å². The number of hydrogen-bond acceptors (Lipinski definition) is 3. The fourth-order valence-electron chi connectivity index (χ4n) is 2.61. The molecule has 0 aromatic heterocycles. The number of carbonyl (C=O) groups excluding carboxylic acids is 2. The van der Waals surface area contributed by atoms with Crippen molar-refractivity contribution >= 4 is 39.6 Å². The summed E-state index contributed by atoms with van der Waals surface area (Å²) in [6, 6.07) is 11.5. The smallest absolute Gasteiger partial charge is 0.331 e. The second-order valence-corrected chi connectivity index (χ2v) is 7.14. The molecule has 0 unspecified atom stereocenters. The van der Waals surface area contributed by atoms with Crippen molar-refractivity contribution in [3.05, 3.63) is 69.2 Å². The molecule has 2 rings (SSSR count). The van der Waals surface area contributed by atoms with Gasteiger partial charge in [-0.05, 0) is 62.6 Å². The molecule has 0 bridgehead atoms. The third-order valence-electron chi connectivity index (χ3n) is 3.87. The van der Waals surface area contributed by atoms with Gasteiger partial charge in [-0.2, -0.15) is 0 Å². The SMILES string of the molecule is Cc1cc(C)c(NC(=O)[C@H](C)OC(=O)/C=C/c2ccc(Br)cc2)c(C)c1. The zero-order valence-electron chi connectivity index (χ0n) is 15.3. The summed E-state index contributed by atoms with van der Waals surface area (Å²) in [6.07, 6.45) is 2.07. The Kier molecular flexibility index (Phi) is 6.75. The van der Waals surface area contributed by atoms with E-state index >= 15 is 0 Å². The molecular formula is C21H22BrNO3. The van der Waals surface area contributed by atoms with Crippen LogP contribution in [0.4, 0.5) is 5.69 Å². The Morgan fingerprint density at radius 1 is 1.08 bits per heavy atom. The van der Waals surface area contributed by atoms with Gasteiger partial charge in [0, 0.05) is 16.2 Å². The molecule has 2 aromatic carbocycles. The van der Waals surface area contributed by atoms with Gasteiger partial charge in [0.15, 0.2) is 6.10 Å². The Morgan fingerprint density at radius 2 is 1.65 bits per heavy atom. The van der Waals surface area contributed by atoms with Crippen LogP contribution in [0.25, 0.3) is 6.08 Å². The van der Waals surface area contributed by atoms with Gasteiger partial charge in [0.2, 0.25) is 0 Å². The summed E-state index contributed by atoms with van der Waals surface area (Å²) in [5.74, 6) is -0.918. The number of amides is 1. The van der Waals surface area contributed by atoms with E-state index in [9.17, 15) is 9.59 Å². The minimum atomic E-state index is -0.892. The molecule has 0 aliphatic carbocycles. The van der Waals surface area contributed by atoms with Crippen LogP contribution in [0.1, 0.15) is 29.2 Å². The number of halogens is 1. The largest absolute Gasteiger partial charge is 0.449 e. The monoisotopic (exact) mass is 415 g/mol. The third-order valence-corrected chi connectivity index (χ3v) is 4.40. The highest BCUT2D eigenvalue weighted by Crippen LogP contribution is 2.22. The van der Waals surface area contributed by atoms with Crippen LogP contribution in [0, 0.1) is 20.8 Å². The maximum Gasteiger partial charge on any atom is 0.331 e. The summed E-state index contributed by atoms with van der Waals surface area (Å²) >= 11 is 3.36. The first kappa shape index (κ1) is 19.9. The van der Waals surface area contributed by atoms with Crippen molar-refractivity contribution < 1.29 is 14.3 Å². The van der Waals surface area contributed by atoms with E-state index in [1.54, 1.807) is 13.0 Å². The summed E-state index contributed by atoms with van der Waals surface area (Å²) in [5, 5.41) is 2.85. The van der Waals surface area contributed by atoms with Crippen LogP contribution in [0.15, 0.2) is 46.9 Å². The number of carbonyl (C=O) groups is 2. The first-order valence-corrected chi connectivity index (χ1v) is 9.08.